The average molecular weight is 254 g/mol. The molecule has 2 rings (SSSR count). The molecule has 1 aromatic carbocycles. The Hall–Kier alpha value is -1.00. The number of rotatable bonds is 4. The second-order valence-corrected chi connectivity index (χ2v) is 4.98. The van der Waals surface area contributed by atoms with E-state index in [-0.39, 0.29) is 6.04 Å². The summed E-state index contributed by atoms with van der Waals surface area (Å²) in [5.74, 6) is -0.368. The highest BCUT2D eigenvalue weighted by atomic mass is 19.1. The summed E-state index contributed by atoms with van der Waals surface area (Å²) in [5, 5.41) is 0. The Morgan fingerprint density at radius 1 is 1.44 bits per heavy atom. The molecule has 0 aromatic heterocycles. The molecular weight excluding hydrogens is 234 g/mol. The fraction of sp³-hybridized carbons (Fsp3) is 0.571. The van der Waals surface area contributed by atoms with Gasteiger partial charge in [0.25, 0.3) is 0 Å². The predicted octanol–water partition coefficient (Wildman–Crippen LogP) is 2.70. The number of hydrogen-bond acceptors (Lipinski definition) is 2. The Kier molecular flexibility index (Phi) is 4.30. The van der Waals surface area contributed by atoms with E-state index in [2.05, 4.69) is 11.8 Å². The first-order chi connectivity index (χ1) is 8.65. The first-order valence-electron chi connectivity index (χ1n) is 6.54. The van der Waals surface area contributed by atoms with Crippen molar-refractivity contribution in [1.29, 1.82) is 0 Å². The van der Waals surface area contributed by atoms with Crippen molar-refractivity contribution < 1.29 is 8.78 Å². The second-order valence-electron chi connectivity index (χ2n) is 4.98. The minimum absolute atomic E-state index is 0.137. The number of nitrogens with zero attached hydrogens (tertiary/aromatic N) is 1. The summed E-state index contributed by atoms with van der Waals surface area (Å²) in [6.07, 6.45) is 2.27. The van der Waals surface area contributed by atoms with E-state index in [1.165, 1.54) is 12.1 Å². The van der Waals surface area contributed by atoms with Crippen molar-refractivity contribution in [3.8, 4) is 0 Å². The first kappa shape index (κ1) is 13.4. The Balaban J connectivity index is 2.18. The number of likely N-dealkylation sites (tertiary alicyclic amines) is 1. The van der Waals surface area contributed by atoms with Gasteiger partial charge in [-0.2, -0.15) is 0 Å². The molecule has 1 aromatic rings. The summed E-state index contributed by atoms with van der Waals surface area (Å²) in [6.45, 7) is 4.43. The average Bonchev–Trinajstić information content (AvgIpc) is 2.81. The molecule has 1 fully saturated rings. The Labute approximate surface area is 107 Å². The van der Waals surface area contributed by atoms with Crippen LogP contribution < -0.4 is 5.73 Å². The van der Waals surface area contributed by atoms with E-state index in [9.17, 15) is 8.78 Å². The van der Waals surface area contributed by atoms with E-state index in [1.54, 1.807) is 0 Å². The Morgan fingerprint density at radius 3 is 2.78 bits per heavy atom. The number of benzene rings is 1. The fourth-order valence-electron chi connectivity index (χ4n) is 2.72. The maximum absolute atomic E-state index is 13.8. The van der Waals surface area contributed by atoms with E-state index in [0.29, 0.717) is 18.0 Å². The molecule has 1 aliphatic rings. The SMILES string of the molecule is CCC1CCN(C(CN)c2ccc(F)cc2F)C1. The summed E-state index contributed by atoms with van der Waals surface area (Å²) in [7, 11) is 0. The van der Waals surface area contributed by atoms with Crippen molar-refractivity contribution in [3.05, 3.63) is 35.4 Å². The van der Waals surface area contributed by atoms with Gasteiger partial charge in [-0.1, -0.05) is 19.4 Å². The molecule has 0 spiro atoms. The molecule has 1 aliphatic heterocycles. The van der Waals surface area contributed by atoms with Crippen LogP contribution in [0.15, 0.2) is 18.2 Å². The normalized spacial score (nSPS) is 22.3. The van der Waals surface area contributed by atoms with E-state index in [1.807, 2.05) is 0 Å². The van der Waals surface area contributed by atoms with Crippen LogP contribution in [-0.2, 0) is 0 Å². The Bertz CT molecular complexity index is 409. The number of nitrogens with two attached hydrogens (primary N) is 1. The van der Waals surface area contributed by atoms with Gasteiger partial charge in [0.2, 0.25) is 0 Å². The van der Waals surface area contributed by atoms with E-state index < -0.39 is 11.6 Å². The van der Waals surface area contributed by atoms with Crippen molar-refractivity contribution >= 4 is 0 Å². The molecule has 0 radical (unpaired) electrons. The summed E-state index contributed by atoms with van der Waals surface area (Å²) >= 11 is 0. The molecule has 100 valence electrons. The van der Waals surface area contributed by atoms with Crippen molar-refractivity contribution in [3.63, 3.8) is 0 Å². The molecule has 0 aliphatic carbocycles. The van der Waals surface area contributed by atoms with Gasteiger partial charge in [0.05, 0.1) is 0 Å². The maximum Gasteiger partial charge on any atom is 0.130 e. The second kappa shape index (κ2) is 5.76. The topological polar surface area (TPSA) is 29.3 Å². The van der Waals surface area contributed by atoms with Gasteiger partial charge in [-0.15, -0.1) is 0 Å². The van der Waals surface area contributed by atoms with Gasteiger partial charge >= 0.3 is 0 Å². The van der Waals surface area contributed by atoms with Crippen LogP contribution in [0.3, 0.4) is 0 Å². The zero-order valence-corrected chi connectivity index (χ0v) is 10.7. The van der Waals surface area contributed by atoms with Crippen molar-refractivity contribution in [2.24, 2.45) is 11.7 Å². The van der Waals surface area contributed by atoms with Crippen molar-refractivity contribution in [2.75, 3.05) is 19.6 Å². The van der Waals surface area contributed by atoms with Crippen LogP contribution in [0.5, 0.6) is 0 Å². The van der Waals surface area contributed by atoms with Crippen molar-refractivity contribution in [1.82, 2.24) is 4.90 Å². The standard InChI is InChI=1S/C14H20F2N2/c1-2-10-5-6-18(9-10)14(8-17)12-4-3-11(15)7-13(12)16/h3-4,7,10,14H,2,5-6,8-9,17H2,1H3. The third-order valence-corrected chi connectivity index (χ3v) is 3.88. The molecule has 2 unspecified atom stereocenters. The summed E-state index contributed by atoms with van der Waals surface area (Å²) in [5.41, 5.74) is 6.29. The highest BCUT2D eigenvalue weighted by molar-refractivity contribution is 5.23. The van der Waals surface area contributed by atoms with Gasteiger partial charge < -0.3 is 5.73 Å². The molecule has 2 nitrogen and oxygen atoms in total. The fourth-order valence-corrected chi connectivity index (χ4v) is 2.72. The molecule has 0 bridgehead atoms. The van der Waals surface area contributed by atoms with Gasteiger partial charge in [-0.25, -0.2) is 8.78 Å². The van der Waals surface area contributed by atoms with E-state index in [0.717, 1.165) is 32.0 Å². The summed E-state index contributed by atoms with van der Waals surface area (Å²) in [6, 6.07) is 3.61. The lowest BCUT2D eigenvalue weighted by Crippen LogP contribution is -2.32. The summed E-state index contributed by atoms with van der Waals surface area (Å²) < 4.78 is 26.7. The lowest BCUT2D eigenvalue weighted by Gasteiger charge is -2.27. The molecule has 2 N–H and O–H groups in total. The minimum atomic E-state index is -0.542. The largest absolute Gasteiger partial charge is 0.329 e. The summed E-state index contributed by atoms with van der Waals surface area (Å²) in [4.78, 5) is 2.21. The zero-order chi connectivity index (χ0) is 13.1. The van der Waals surface area contributed by atoms with Crippen LogP contribution in [-0.4, -0.2) is 24.5 Å². The monoisotopic (exact) mass is 254 g/mol. The van der Waals surface area contributed by atoms with Crippen LogP contribution >= 0.6 is 0 Å². The lowest BCUT2D eigenvalue weighted by atomic mass is 10.0. The van der Waals surface area contributed by atoms with Crippen molar-refractivity contribution in [2.45, 2.75) is 25.8 Å². The van der Waals surface area contributed by atoms with Gasteiger partial charge in [0.15, 0.2) is 0 Å². The maximum atomic E-state index is 13.8. The van der Waals surface area contributed by atoms with E-state index in [4.69, 9.17) is 5.73 Å². The quantitative estimate of drug-likeness (QED) is 0.895. The number of hydrogen-bond donors (Lipinski definition) is 1. The minimum Gasteiger partial charge on any atom is -0.329 e. The smallest absolute Gasteiger partial charge is 0.130 e. The molecule has 0 amide bonds. The van der Waals surface area contributed by atoms with E-state index >= 15 is 0 Å². The highest BCUT2D eigenvalue weighted by Gasteiger charge is 2.28. The molecule has 1 saturated heterocycles. The van der Waals surface area contributed by atoms with Crippen LogP contribution in [0, 0.1) is 17.6 Å². The molecule has 4 heteroatoms. The highest BCUT2D eigenvalue weighted by Crippen LogP contribution is 2.29. The molecule has 2 atom stereocenters. The lowest BCUT2D eigenvalue weighted by molar-refractivity contribution is 0.235. The third kappa shape index (κ3) is 2.70. The number of halogens is 2. The molecule has 18 heavy (non-hydrogen) atoms. The molecule has 1 heterocycles. The van der Waals surface area contributed by atoms with Crippen LogP contribution in [0.4, 0.5) is 8.78 Å². The van der Waals surface area contributed by atoms with Gasteiger partial charge in [0, 0.05) is 30.8 Å². The zero-order valence-electron chi connectivity index (χ0n) is 10.7. The van der Waals surface area contributed by atoms with Crippen LogP contribution in [0.2, 0.25) is 0 Å². The molecule has 0 saturated carbocycles. The van der Waals surface area contributed by atoms with Crippen LogP contribution in [0.1, 0.15) is 31.4 Å². The third-order valence-electron chi connectivity index (χ3n) is 3.88. The van der Waals surface area contributed by atoms with Gasteiger partial charge in [-0.05, 0) is 24.9 Å². The van der Waals surface area contributed by atoms with Gasteiger partial charge in [0.1, 0.15) is 11.6 Å². The van der Waals surface area contributed by atoms with Crippen LogP contribution in [0.25, 0.3) is 0 Å². The van der Waals surface area contributed by atoms with Gasteiger partial charge in [-0.3, -0.25) is 4.90 Å². The predicted molar refractivity (Wildman–Crippen MR) is 68.1 cm³/mol. The first-order valence-corrected chi connectivity index (χ1v) is 6.54. The Morgan fingerprint density at radius 2 is 2.22 bits per heavy atom. The molecular formula is C14H20F2N2.